The molecule has 2 saturated heterocycles. The molecule has 2 aliphatic rings. The van der Waals surface area contributed by atoms with E-state index in [4.69, 9.17) is 0 Å². The zero-order chi connectivity index (χ0) is 25.5. The first kappa shape index (κ1) is 25.7. The van der Waals surface area contributed by atoms with Gasteiger partial charge in [0, 0.05) is 56.8 Å². The third-order valence-corrected chi connectivity index (χ3v) is 8.48. The predicted molar refractivity (Wildman–Crippen MR) is 153 cm³/mol. The molecule has 0 bridgehead atoms. The van der Waals surface area contributed by atoms with E-state index >= 15 is 0 Å². The minimum absolute atomic E-state index is 0.0896. The molecule has 2 heterocycles. The maximum atomic E-state index is 13.3. The highest BCUT2D eigenvalue weighted by atomic mass is 16.2. The van der Waals surface area contributed by atoms with Crippen LogP contribution in [0, 0.1) is 11.3 Å². The predicted octanol–water partition coefficient (Wildman–Crippen LogP) is 5.54. The normalized spacial score (nSPS) is 22.0. The first-order valence-electron chi connectivity index (χ1n) is 14.0. The second kappa shape index (κ2) is 12.1. The summed E-state index contributed by atoms with van der Waals surface area (Å²) in [6.07, 6.45) is 3.90. The number of nitrogens with zero attached hydrogens (tertiary/aromatic N) is 3. The average molecular weight is 496 g/mol. The summed E-state index contributed by atoms with van der Waals surface area (Å²) in [4.78, 5) is 20.7. The first-order valence-corrected chi connectivity index (χ1v) is 14.0. The van der Waals surface area contributed by atoms with Crippen molar-refractivity contribution in [2.24, 2.45) is 11.3 Å². The maximum absolute atomic E-state index is 13.3. The molecule has 0 aromatic heterocycles. The number of benzene rings is 3. The molecule has 5 rings (SSSR count). The van der Waals surface area contributed by atoms with Crippen molar-refractivity contribution in [2.75, 3.05) is 50.7 Å². The zero-order valence-electron chi connectivity index (χ0n) is 22.3. The maximum Gasteiger partial charge on any atom is 0.226 e. The molecule has 2 fully saturated rings. The summed E-state index contributed by atoms with van der Waals surface area (Å²) in [5.41, 5.74) is 3.93. The fraction of sp³-hybridized carbons (Fsp3) is 0.424. The van der Waals surface area contributed by atoms with E-state index < -0.39 is 0 Å². The molecule has 37 heavy (non-hydrogen) atoms. The van der Waals surface area contributed by atoms with Crippen LogP contribution in [-0.4, -0.2) is 61.5 Å². The van der Waals surface area contributed by atoms with Crippen LogP contribution in [0.1, 0.15) is 30.9 Å². The number of fused-ring (bicyclic) bond motifs is 1. The molecular formula is C33H41N3O. The lowest BCUT2D eigenvalue weighted by molar-refractivity contribution is -0.118. The number of hydrogen-bond acceptors (Lipinski definition) is 3. The summed E-state index contributed by atoms with van der Waals surface area (Å²) < 4.78 is 0. The minimum Gasteiger partial charge on any atom is -0.312 e. The van der Waals surface area contributed by atoms with E-state index in [1.165, 1.54) is 17.5 Å². The molecule has 1 unspecified atom stereocenters. The van der Waals surface area contributed by atoms with Crippen LogP contribution in [-0.2, 0) is 17.6 Å². The van der Waals surface area contributed by atoms with Gasteiger partial charge in [0.1, 0.15) is 0 Å². The zero-order valence-corrected chi connectivity index (χ0v) is 22.3. The molecule has 0 spiro atoms. The lowest BCUT2D eigenvalue weighted by Crippen LogP contribution is -2.55. The van der Waals surface area contributed by atoms with Crippen molar-refractivity contribution in [1.29, 1.82) is 0 Å². The minimum atomic E-state index is 0.0896. The Morgan fingerprint density at radius 3 is 1.95 bits per heavy atom. The summed E-state index contributed by atoms with van der Waals surface area (Å²) in [6.45, 7) is 9.37. The largest absolute Gasteiger partial charge is 0.312 e. The van der Waals surface area contributed by atoms with Gasteiger partial charge in [-0.1, -0.05) is 85.8 Å². The molecule has 2 aliphatic heterocycles. The quantitative estimate of drug-likeness (QED) is 0.370. The SMILES string of the molecule is CCC(=O)N(C[C@@]12CN(CCc3ccccc3)CCC1CN(CCc1ccccc1)C2)c1ccccc1. The van der Waals surface area contributed by atoms with E-state index in [0.717, 1.165) is 64.3 Å². The van der Waals surface area contributed by atoms with E-state index in [9.17, 15) is 4.79 Å². The van der Waals surface area contributed by atoms with Crippen LogP contribution in [0.3, 0.4) is 0 Å². The van der Waals surface area contributed by atoms with Crippen LogP contribution in [0.4, 0.5) is 5.69 Å². The second-order valence-electron chi connectivity index (χ2n) is 11.0. The highest BCUT2D eigenvalue weighted by molar-refractivity contribution is 5.93. The molecule has 0 radical (unpaired) electrons. The highest BCUT2D eigenvalue weighted by Gasteiger charge is 2.50. The van der Waals surface area contributed by atoms with Gasteiger partial charge in [-0.2, -0.15) is 0 Å². The number of amides is 1. The number of hydrogen-bond donors (Lipinski definition) is 0. The number of anilines is 1. The van der Waals surface area contributed by atoms with Crippen LogP contribution in [0.5, 0.6) is 0 Å². The molecule has 4 nitrogen and oxygen atoms in total. The molecule has 2 atom stereocenters. The average Bonchev–Trinajstić information content (AvgIpc) is 3.32. The fourth-order valence-corrected chi connectivity index (χ4v) is 6.47. The Labute approximate surface area is 222 Å². The molecule has 0 N–H and O–H groups in total. The van der Waals surface area contributed by atoms with E-state index in [0.29, 0.717) is 12.3 Å². The summed E-state index contributed by atoms with van der Waals surface area (Å²) in [7, 11) is 0. The number of carbonyl (C=O) groups is 1. The van der Waals surface area contributed by atoms with Crippen molar-refractivity contribution in [1.82, 2.24) is 9.80 Å². The second-order valence-corrected chi connectivity index (χ2v) is 11.0. The van der Waals surface area contributed by atoms with E-state index in [1.807, 2.05) is 25.1 Å². The Balaban J connectivity index is 1.35. The van der Waals surface area contributed by atoms with Gasteiger partial charge in [0.2, 0.25) is 5.91 Å². The summed E-state index contributed by atoms with van der Waals surface area (Å²) >= 11 is 0. The van der Waals surface area contributed by atoms with Crippen molar-refractivity contribution in [2.45, 2.75) is 32.6 Å². The monoisotopic (exact) mass is 495 g/mol. The van der Waals surface area contributed by atoms with Gasteiger partial charge in [-0.05, 0) is 55.0 Å². The van der Waals surface area contributed by atoms with Gasteiger partial charge in [-0.25, -0.2) is 0 Å². The Morgan fingerprint density at radius 1 is 0.811 bits per heavy atom. The van der Waals surface area contributed by atoms with Crippen LogP contribution in [0.2, 0.25) is 0 Å². The van der Waals surface area contributed by atoms with Gasteiger partial charge in [0.25, 0.3) is 0 Å². The number of likely N-dealkylation sites (tertiary alicyclic amines) is 2. The molecule has 0 saturated carbocycles. The Hall–Kier alpha value is -2.95. The van der Waals surface area contributed by atoms with Crippen molar-refractivity contribution < 1.29 is 4.79 Å². The standard InChI is InChI=1S/C33H41N3O/c1-2-32(37)36(31-16-10-5-11-17-31)27-33-25-34(21-18-28-12-6-3-7-13-28)23-20-30(33)24-35(26-33)22-19-29-14-8-4-9-15-29/h3-17,30H,2,18-27H2,1H3/t30?,33-/m0/s1. The van der Waals surface area contributed by atoms with Crippen LogP contribution in [0.15, 0.2) is 91.0 Å². The van der Waals surface area contributed by atoms with Crippen molar-refractivity contribution in [3.05, 3.63) is 102 Å². The highest BCUT2D eigenvalue weighted by Crippen LogP contribution is 2.43. The molecular weight excluding hydrogens is 454 g/mol. The summed E-state index contributed by atoms with van der Waals surface area (Å²) in [6, 6.07) is 32.0. The van der Waals surface area contributed by atoms with Gasteiger partial charge >= 0.3 is 0 Å². The van der Waals surface area contributed by atoms with Crippen LogP contribution >= 0.6 is 0 Å². The third kappa shape index (κ3) is 6.31. The lowest BCUT2D eigenvalue weighted by atomic mass is 9.72. The van der Waals surface area contributed by atoms with Crippen LogP contribution < -0.4 is 4.90 Å². The topological polar surface area (TPSA) is 26.8 Å². The van der Waals surface area contributed by atoms with Gasteiger partial charge in [0.15, 0.2) is 0 Å². The Kier molecular flexibility index (Phi) is 8.38. The van der Waals surface area contributed by atoms with Gasteiger partial charge < -0.3 is 14.7 Å². The van der Waals surface area contributed by atoms with E-state index in [2.05, 4.69) is 87.5 Å². The third-order valence-electron chi connectivity index (χ3n) is 8.48. The van der Waals surface area contributed by atoms with Gasteiger partial charge in [0.05, 0.1) is 0 Å². The fourth-order valence-electron chi connectivity index (χ4n) is 6.47. The number of rotatable bonds is 10. The summed E-state index contributed by atoms with van der Waals surface area (Å²) in [5, 5.41) is 0. The van der Waals surface area contributed by atoms with E-state index in [-0.39, 0.29) is 11.3 Å². The molecule has 3 aromatic rings. The Morgan fingerprint density at radius 2 is 1.35 bits per heavy atom. The molecule has 0 aliphatic carbocycles. The number of para-hydroxylation sites is 1. The van der Waals surface area contributed by atoms with Crippen molar-refractivity contribution in [3.63, 3.8) is 0 Å². The van der Waals surface area contributed by atoms with Crippen molar-refractivity contribution in [3.8, 4) is 0 Å². The molecule has 3 aromatic carbocycles. The molecule has 4 heteroatoms. The number of carbonyl (C=O) groups excluding carboxylic acids is 1. The smallest absolute Gasteiger partial charge is 0.226 e. The first-order chi connectivity index (χ1) is 18.1. The van der Waals surface area contributed by atoms with E-state index in [1.54, 1.807) is 0 Å². The Bertz CT molecular complexity index is 1080. The molecule has 1 amide bonds. The summed E-state index contributed by atoms with van der Waals surface area (Å²) in [5.74, 6) is 0.843. The van der Waals surface area contributed by atoms with Gasteiger partial charge in [-0.15, -0.1) is 0 Å². The van der Waals surface area contributed by atoms with Crippen LogP contribution in [0.25, 0.3) is 0 Å². The van der Waals surface area contributed by atoms with Crippen molar-refractivity contribution >= 4 is 11.6 Å². The lowest BCUT2D eigenvalue weighted by Gasteiger charge is -2.46. The van der Waals surface area contributed by atoms with Gasteiger partial charge in [-0.3, -0.25) is 4.79 Å². The molecule has 194 valence electrons. The number of piperidine rings is 1.